The minimum atomic E-state index is -0.854. The fourth-order valence-electron chi connectivity index (χ4n) is 2.61. The van der Waals surface area contributed by atoms with E-state index in [0.717, 1.165) is 5.56 Å². The largest absolute Gasteiger partial charge is 0.497 e. The Morgan fingerprint density at radius 1 is 1.06 bits per heavy atom. The summed E-state index contributed by atoms with van der Waals surface area (Å²) in [7, 11) is 1.56. The Labute approximate surface area is 195 Å². The van der Waals surface area contributed by atoms with Gasteiger partial charge in [-0.15, -0.1) is 0 Å². The van der Waals surface area contributed by atoms with Crippen molar-refractivity contribution in [2.45, 2.75) is 18.9 Å². The maximum Gasteiger partial charge on any atom is 0.260 e. The second-order valence-electron chi connectivity index (χ2n) is 6.49. The van der Waals surface area contributed by atoms with Gasteiger partial charge in [0.25, 0.3) is 11.8 Å². The van der Waals surface area contributed by atoms with Crippen molar-refractivity contribution in [3.05, 3.63) is 63.6 Å². The van der Waals surface area contributed by atoms with E-state index in [1.807, 2.05) is 6.26 Å². The molecule has 10 heteroatoms. The Hall–Kier alpha value is -2.42. The Morgan fingerprint density at radius 3 is 2.39 bits per heavy atom. The monoisotopic (exact) mass is 483 g/mol. The Bertz CT molecular complexity index is 925. The number of thioether (sulfide) groups is 1. The average molecular weight is 484 g/mol. The van der Waals surface area contributed by atoms with Gasteiger partial charge in [0.1, 0.15) is 11.8 Å². The van der Waals surface area contributed by atoms with Crippen LogP contribution in [0.3, 0.4) is 0 Å². The minimum absolute atomic E-state index is 0.0759. The Kier molecular flexibility index (Phi) is 9.97. The SMILES string of the molecule is COc1ccc(CC(=O)NNC(=O)C(CCSC)NC(=O)c2ccc(Cl)cc2Cl)cc1. The van der Waals surface area contributed by atoms with Crippen molar-refractivity contribution in [2.24, 2.45) is 0 Å². The first-order valence-corrected chi connectivity index (χ1v) is 11.5. The summed E-state index contributed by atoms with van der Waals surface area (Å²) in [5.41, 5.74) is 5.72. The molecule has 0 saturated carbocycles. The number of amides is 3. The Morgan fingerprint density at radius 2 is 1.77 bits per heavy atom. The van der Waals surface area contributed by atoms with E-state index < -0.39 is 23.8 Å². The molecule has 1 atom stereocenters. The average Bonchev–Trinajstić information content (AvgIpc) is 2.75. The van der Waals surface area contributed by atoms with Crippen molar-refractivity contribution in [3.8, 4) is 5.75 Å². The number of methoxy groups -OCH3 is 1. The van der Waals surface area contributed by atoms with Crippen LogP contribution in [0.4, 0.5) is 0 Å². The van der Waals surface area contributed by atoms with Gasteiger partial charge in [-0.05, 0) is 54.3 Å². The van der Waals surface area contributed by atoms with Crippen molar-refractivity contribution >= 4 is 52.7 Å². The molecule has 0 aliphatic heterocycles. The van der Waals surface area contributed by atoms with Gasteiger partial charge in [-0.3, -0.25) is 25.2 Å². The molecule has 31 heavy (non-hydrogen) atoms. The Balaban J connectivity index is 1.94. The maximum absolute atomic E-state index is 12.6. The summed E-state index contributed by atoms with van der Waals surface area (Å²) in [4.78, 5) is 37.3. The van der Waals surface area contributed by atoms with Crippen molar-refractivity contribution in [3.63, 3.8) is 0 Å². The number of hydrogen-bond donors (Lipinski definition) is 3. The topological polar surface area (TPSA) is 96.5 Å². The third-order valence-electron chi connectivity index (χ3n) is 4.26. The van der Waals surface area contributed by atoms with Crippen LogP contribution in [-0.4, -0.2) is 42.9 Å². The molecule has 0 bridgehead atoms. The normalized spacial score (nSPS) is 11.4. The molecule has 0 radical (unpaired) electrons. The van der Waals surface area contributed by atoms with Gasteiger partial charge in [-0.25, -0.2) is 0 Å². The van der Waals surface area contributed by atoms with Crippen LogP contribution in [0.1, 0.15) is 22.3 Å². The van der Waals surface area contributed by atoms with Crippen molar-refractivity contribution in [2.75, 3.05) is 19.1 Å². The van der Waals surface area contributed by atoms with Crippen molar-refractivity contribution in [1.29, 1.82) is 0 Å². The first-order chi connectivity index (χ1) is 14.8. The van der Waals surface area contributed by atoms with E-state index in [-0.39, 0.29) is 17.0 Å². The molecule has 3 N–H and O–H groups in total. The molecule has 0 heterocycles. The van der Waals surface area contributed by atoms with Crippen LogP contribution in [0, 0.1) is 0 Å². The molecule has 0 aliphatic carbocycles. The van der Waals surface area contributed by atoms with Gasteiger partial charge >= 0.3 is 0 Å². The second-order valence-corrected chi connectivity index (χ2v) is 8.32. The van der Waals surface area contributed by atoms with Crippen LogP contribution in [0.15, 0.2) is 42.5 Å². The number of carbonyl (C=O) groups excluding carboxylic acids is 3. The number of ether oxygens (including phenoxy) is 1. The minimum Gasteiger partial charge on any atom is -0.497 e. The molecule has 0 fully saturated rings. The van der Waals surface area contributed by atoms with Gasteiger partial charge < -0.3 is 10.1 Å². The molecule has 2 aromatic rings. The molecular weight excluding hydrogens is 461 g/mol. The molecule has 0 saturated heterocycles. The lowest BCUT2D eigenvalue weighted by Gasteiger charge is -2.19. The van der Waals surface area contributed by atoms with Gasteiger partial charge in [0.15, 0.2) is 0 Å². The number of halogens is 2. The highest BCUT2D eigenvalue weighted by molar-refractivity contribution is 7.98. The number of carbonyl (C=O) groups is 3. The van der Waals surface area contributed by atoms with E-state index in [9.17, 15) is 14.4 Å². The zero-order valence-corrected chi connectivity index (χ0v) is 19.4. The zero-order chi connectivity index (χ0) is 22.8. The summed E-state index contributed by atoms with van der Waals surface area (Å²) in [6.07, 6.45) is 2.34. The van der Waals surface area contributed by atoms with Gasteiger partial charge in [-0.2, -0.15) is 11.8 Å². The number of nitrogens with one attached hydrogen (secondary N) is 3. The lowest BCUT2D eigenvalue weighted by molar-refractivity contribution is -0.129. The fourth-order valence-corrected chi connectivity index (χ4v) is 3.57. The van der Waals surface area contributed by atoms with E-state index in [2.05, 4.69) is 16.2 Å². The van der Waals surface area contributed by atoms with Crippen LogP contribution in [0.5, 0.6) is 5.75 Å². The van der Waals surface area contributed by atoms with E-state index in [0.29, 0.717) is 22.9 Å². The molecule has 3 amide bonds. The van der Waals surface area contributed by atoms with Crippen molar-refractivity contribution in [1.82, 2.24) is 16.2 Å². The van der Waals surface area contributed by atoms with Gasteiger partial charge in [0.2, 0.25) is 5.91 Å². The fraction of sp³-hybridized carbons (Fsp3) is 0.286. The quantitative estimate of drug-likeness (QED) is 0.475. The third kappa shape index (κ3) is 7.97. The summed E-state index contributed by atoms with van der Waals surface area (Å²) in [6, 6.07) is 10.6. The first-order valence-electron chi connectivity index (χ1n) is 9.30. The maximum atomic E-state index is 12.6. The predicted molar refractivity (Wildman–Crippen MR) is 124 cm³/mol. The van der Waals surface area contributed by atoms with E-state index >= 15 is 0 Å². The number of benzene rings is 2. The van der Waals surface area contributed by atoms with Crippen molar-refractivity contribution < 1.29 is 19.1 Å². The van der Waals surface area contributed by atoms with Crippen LogP contribution in [-0.2, 0) is 16.0 Å². The highest BCUT2D eigenvalue weighted by Crippen LogP contribution is 2.21. The number of rotatable bonds is 9. The van der Waals surface area contributed by atoms with E-state index in [1.165, 1.54) is 23.9 Å². The van der Waals surface area contributed by atoms with Crippen LogP contribution < -0.4 is 20.9 Å². The third-order valence-corrected chi connectivity index (χ3v) is 5.45. The predicted octanol–water partition coefficient (Wildman–Crippen LogP) is 3.24. The standard InChI is InChI=1S/C21H23Cl2N3O4S/c1-30-15-6-3-13(4-7-15)11-19(27)25-26-21(29)18(9-10-31-2)24-20(28)16-8-5-14(22)12-17(16)23/h3-8,12,18H,9-11H2,1-2H3,(H,24,28)(H,25,27)(H,26,29). The summed E-state index contributed by atoms with van der Waals surface area (Å²) < 4.78 is 5.08. The van der Waals surface area contributed by atoms with Gasteiger partial charge in [0, 0.05) is 5.02 Å². The summed E-state index contributed by atoms with van der Waals surface area (Å²) in [6.45, 7) is 0. The van der Waals surface area contributed by atoms with Gasteiger partial charge in [-0.1, -0.05) is 35.3 Å². The molecule has 166 valence electrons. The molecule has 7 nitrogen and oxygen atoms in total. The highest BCUT2D eigenvalue weighted by Gasteiger charge is 2.22. The molecule has 2 rings (SSSR count). The second kappa shape index (κ2) is 12.4. The number of hydrazine groups is 1. The summed E-state index contributed by atoms with van der Waals surface area (Å²) in [5, 5.41) is 3.24. The van der Waals surface area contributed by atoms with Gasteiger partial charge in [0.05, 0.1) is 24.1 Å². The summed E-state index contributed by atoms with van der Waals surface area (Å²) in [5.74, 6) is -0.116. The molecule has 1 unspecified atom stereocenters. The van der Waals surface area contributed by atoms with E-state index in [1.54, 1.807) is 37.4 Å². The molecule has 0 spiro atoms. The molecule has 2 aromatic carbocycles. The van der Waals surface area contributed by atoms with Crippen LogP contribution in [0.2, 0.25) is 10.0 Å². The highest BCUT2D eigenvalue weighted by atomic mass is 35.5. The molecular formula is C21H23Cl2N3O4S. The van der Waals surface area contributed by atoms with E-state index in [4.69, 9.17) is 27.9 Å². The van der Waals surface area contributed by atoms with Crippen LogP contribution >= 0.6 is 35.0 Å². The lowest BCUT2D eigenvalue weighted by atomic mass is 10.1. The first kappa shape index (κ1) is 24.8. The smallest absolute Gasteiger partial charge is 0.260 e. The summed E-state index contributed by atoms with van der Waals surface area (Å²) >= 11 is 13.5. The molecule has 0 aliphatic rings. The van der Waals surface area contributed by atoms with Crippen LogP contribution in [0.25, 0.3) is 0 Å². The lowest BCUT2D eigenvalue weighted by Crippen LogP contribution is -2.52. The zero-order valence-electron chi connectivity index (χ0n) is 17.0. The number of hydrogen-bond acceptors (Lipinski definition) is 5. The molecule has 0 aromatic heterocycles.